The van der Waals surface area contributed by atoms with Crippen LogP contribution in [0.2, 0.25) is 0 Å². The maximum atomic E-state index is 8.80. The molecule has 46 heavy (non-hydrogen) atoms. The first kappa shape index (κ1) is 37.1. The van der Waals surface area contributed by atoms with Crippen LogP contribution < -0.4 is 0 Å². The van der Waals surface area contributed by atoms with Crippen molar-refractivity contribution in [3.05, 3.63) is 31.3 Å². The average molecular weight is 707 g/mol. The normalized spacial score (nSPS) is 37.0. The van der Waals surface area contributed by atoms with Gasteiger partial charge in [0.1, 0.15) is 0 Å². The SMILES string of the molecule is C[C@H](CCCBr)[C@H]1CC[C@H]2[C@@H]3[C@H](OCCCN=[N+]=[N-])C[C@@H]4C[C@@H](OCCCN=[N+]=[N-])CC[C@]4(C)[C@H]3C[C@H](OCCCN=[N+]=[N-])[C@]12C. The molecule has 4 aliphatic rings. The Morgan fingerprint density at radius 3 is 2.04 bits per heavy atom. The van der Waals surface area contributed by atoms with Crippen molar-refractivity contribution in [2.75, 3.05) is 44.8 Å². The Morgan fingerprint density at radius 2 is 1.41 bits per heavy atom. The topological polar surface area (TPSA) is 174 Å². The van der Waals surface area contributed by atoms with E-state index in [0.29, 0.717) is 75.0 Å². The first-order chi connectivity index (χ1) is 22.3. The maximum Gasteiger partial charge on any atom is 0.0637 e. The summed E-state index contributed by atoms with van der Waals surface area (Å²) in [5, 5.41) is 12.2. The zero-order valence-electron chi connectivity index (χ0n) is 28.3. The Balaban J connectivity index is 1.61. The molecular weight excluding hydrogens is 650 g/mol. The van der Waals surface area contributed by atoms with Crippen LogP contribution in [0.1, 0.15) is 97.8 Å². The van der Waals surface area contributed by atoms with Crippen LogP contribution in [0, 0.1) is 46.3 Å². The number of fused-ring (bicyclic) bond motifs is 5. The highest BCUT2D eigenvalue weighted by molar-refractivity contribution is 9.09. The standard InChI is InChI=1S/C33H56BrN9O3/c1-23(8-4-13-34)26-9-10-27-31-28(22-30(33(26,27)3)46-19-7-16-40-43-37)32(2)12-11-25(44-17-5-14-38-41-35)20-24(32)21-29(31)45-18-6-15-39-42-36/h23-31H,4-22H2,1-3H3/t23-,24+,25+,26-,27+,28+,29-,30+,31+,32+,33-/m1/s1. The molecular formula is C33H56BrN9O3. The van der Waals surface area contributed by atoms with Crippen LogP contribution in [0.4, 0.5) is 0 Å². The third-order valence-electron chi connectivity index (χ3n) is 12.6. The number of alkyl halides is 1. The highest BCUT2D eigenvalue weighted by atomic mass is 79.9. The van der Waals surface area contributed by atoms with Gasteiger partial charge in [0.05, 0.1) is 18.3 Å². The average Bonchev–Trinajstić information content (AvgIpc) is 3.41. The second-order valence-electron chi connectivity index (χ2n) is 14.8. The van der Waals surface area contributed by atoms with Gasteiger partial charge in [0.15, 0.2) is 0 Å². The number of hydrogen-bond acceptors (Lipinski definition) is 6. The number of halogens is 1. The molecule has 13 heteroatoms. The van der Waals surface area contributed by atoms with Crippen molar-refractivity contribution in [3.63, 3.8) is 0 Å². The molecule has 0 bridgehead atoms. The molecule has 4 rings (SSSR count). The minimum Gasteiger partial charge on any atom is -0.378 e. The van der Waals surface area contributed by atoms with E-state index in [1.165, 1.54) is 25.7 Å². The van der Waals surface area contributed by atoms with Crippen LogP contribution in [0.5, 0.6) is 0 Å². The van der Waals surface area contributed by atoms with E-state index in [1.54, 1.807) is 0 Å². The second-order valence-corrected chi connectivity index (χ2v) is 15.6. The summed E-state index contributed by atoms with van der Waals surface area (Å²) >= 11 is 3.67. The van der Waals surface area contributed by atoms with Gasteiger partial charge in [-0.25, -0.2) is 0 Å². The number of hydrogen-bond donors (Lipinski definition) is 0. The molecule has 0 unspecified atom stereocenters. The molecule has 0 heterocycles. The van der Waals surface area contributed by atoms with E-state index in [2.05, 4.69) is 66.8 Å². The first-order valence-electron chi connectivity index (χ1n) is 17.8. The van der Waals surface area contributed by atoms with Crippen molar-refractivity contribution >= 4 is 15.9 Å². The molecule has 4 aliphatic carbocycles. The summed E-state index contributed by atoms with van der Waals surface area (Å²) in [6, 6.07) is 0. The van der Waals surface area contributed by atoms with Gasteiger partial charge in [0.25, 0.3) is 0 Å². The van der Waals surface area contributed by atoms with Gasteiger partial charge in [-0.05, 0) is 135 Å². The molecule has 4 saturated carbocycles. The lowest BCUT2D eigenvalue weighted by Gasteiger charge is -2.65. The van der Waals surface area contributed by atoms with Crippen molar-refractivity contribution in [2.45, 2.75) is 116 Å². The highest BCUT2D eigenvalue weighted by Crippen LogP contribution is 2.69. The van der Waals surface area contributed by atoms with Gasteiger partial charge in [-0.3, -0.25) is 0 Å². The molecule has 11 atom stereocenters. The number of nitrogens with zero attached hydrogens (tertiary/aromatic N) is 9. The summed E-state index contributed by atoms with van der Waals surface area (Å²) < 4.78 is 20.1. The molecule has 0 saturated heterocycles. The van der Waals surface area contributed by atoms with E-state index in [1.807, 2.05) is 0 Å². The van der Waals surface area contributed by atoms with Crippen LogP contribution >= 0.6 is 15.9 Å². The van der Waals surface area contributed by atoms with Crippen molar-refractivity contribution in [2.24, 2.45) is 61.7 Å². The van der Waals surface area contributed by atoms with E-state index in [9.17, 15) is 0 Å². The van der Waals surface area contributed by atoms with Gasteiger partial charge in [-0.1, -0.05) is 52.0 Å². The van der Waals surface area contributed by atoms with Gasteiger partial charge in [-0.15, -0.1) is 0 Å². The summed E-state index contributed by atoms with van der Waals surface area (Å²) in [4.78, 5) is 8.75. The molecule has 0 amide bonds. The van der Waals surface area contributed by atoms with Gasteiger partial charge < -0.3 is 14.2 Å². The summed E-state index contributed by atoms with van der Waals surface area (Å²) in [5.74, 6) is 3.22. The van der Waals surface area contributed by atoms with Crippen LogP contribution in [0.3, 0.4) is 0 Å². The number of azide groups is 3. The summed E-state index contributed by atoms with van der Waals surface area (Å²) in [5.41, 5.74) is 26.4. The predicted octanol–water partition coefficient (Wildman–Crippen LogP) is 9.93. The Bertz CT molecular complexity index is 1110. The molecule has 0 N–H and O–H groups in total. The van der Waals surface area contributed by atoms with E-state index in [0.717, 1.165) is 56.7 Å². The number of rotatable bonds is 19. The third-order valence-corrected chi connectivity index (χ3v) is 13.2. The first-order valence-corrected chi connectivity index (χ1v) is 18.9. The fourth-order valence-electron chi connectivity index (χ4n) is 10.5. The highest BCUT2D eigenvalue weighted by Gasteiger charge is 2.66. The van der Waals surface area contributed by atoms with Gasteiger partial charge in [0.2, 0.25) is 0 Å². The predicted molar refractivity (Wildman–Crippen MR) is 183 cm³/mol. The van der Waals surface area contributed by atoms with Crippen LogP contribution in [0.25, 0.3) is 31.3 Å². The smallest absolute Gasteiger partial charge is 0.0637 e. The van der Waals surface area contributed by atoms with E-state index in [4.69, 9.17) is 30.8 Å². The second kappa shape index (κ2) is 18.2. The van der Waals surface area contributed by atoms with Gasteiger partial charge >= 0.3 is 0 Å². The van der Waals surface area contributed by atoms with Gasteiger partial charge in [0, 0.05) is 64.9 Å². The maximum absolute atomic E-state index is 8.80. The van der Waals surface area contributed by atoms with E-state index >= 15 is 0 Å². The van der Waals surface area contributed by atoms with Crippen molar-refractivity contribution in [1.29, 1.82) is 0 Å². The van der Waals surface area contributed by atoms with Gasteiger partial charge in [-0.2, -0.15) is 0 Å². The van der Waals surface area contributed by atoms with Crippen LogP contribution in [0.15, 0.2) is 15.3 Å². The summed E-state index contributed by atoms with van der Waals surface area (Å²) in [7, 11) is 0. The lowest BCUT2D eigenvalue weighted by Crippen LogP contribution is -2.63. The molecule has 0 aliphatic heterocycles. The molecule has 258 valence electrons. The minimum absolute atomic E-state index is 0.0630. The molecule has 0 aromatic heterocycles. The van der Waals surface area contributed by atoms with Crippen LogP contribution in [-0.4, -0.2) is 63.1 Å². The molecule has 0 radical (unpaired) electrons. The third kappa shape index (κ3) is 8.46. The quantitative estimate of drug-likeness (QED) is 0.0428. The molecule has 0 aromatic carbocycles. The Labute approximate surface area is 283 Å². The fourth-order valence-corrected chi connectivity index (χ4v) is 10.8. The molecule has 0 spiro atoms. The molecule has 4 fully saturated rings. The summed E-state index contributed by atoms with van der Waals surface area (Å²) in [6.07, 6.45) is 13.0. The molecule has 0 aromatic rings. The minimum atomic E-state index is 0.0630. The van der Waals surface area contributed by atoms with Crippen LogP contribution in [-0.2, 0) is 14.2 Å². The van der Waals surface area contributed by atoms with E-state index < -0.39 is 0 Å². The zero-order chi connectivity index (χ0) is 33.0. The lowest BCUT2D eigenvalue weighted by molar-refractivity contribution is -0.227. The Hall–Kier alpha value is -1.71. The Kier molecular flexibility index (Phi) is 14.7. The van der Waals surface area contributed by atoms with E-state index in [-0.39, 0.29) is 29.1 Å². The number of ether oxygens (including phenoxy) is 3. The molecule has 12 nitrogen and oxygen atoms in total. The fraction of sp³-hybridized carbons (Fsp3) is 1.00. The van der Waals surface area contributed by atoms with Crippen molar-refractivity contribution < 1.29 is 14.2 Å². The largest absolute Gasteiger partial charge is 0.378 e. The Morgan fingerprint density at radius 1 is 0.783 bits per heavy atom. The van der Waals surface area contributed by atoms with Crippen molar-refractivity contribution in [1.82, 2.24) is 0 Å². The lowest BCUT2D eigenvalue weighted by atomic mass is 9.43. The monoisotopic (exact) mass is 705 g/mol. The summed E-state index contributed by atoms with van der Waals surface area (Å²) in [6.45, 7) is 10.8. The zero-order valence-corrected chi connectivity index (χ0v) is 29.8. The van der Waals surface area contributed by atoms with Crippen molar-refractivity contribution in [3.8, 4) is 0 Å².